The minimum absolute atomic E-state index is 0.108. The Kier molecular flexibility index (Phi) is 4.13. The van der Waals surface area contributed by atoms with Gasteiger partial charge >= 0.3 is 5.97 Å². The highest BCUT2D eigenvalue weighted by molar-refractivity contribution is 5.72. The number of ether oxygens (including phenoxy) is 2. The summed E-state index contributed by atoms with van der Waals surface area (Å²) >= 11 is 0. The maximum absolute atomic E-state index is 11.5. The number of carbonyl (C=O) groups excluding carboxylic acids is 1. The maximum Gasteiger partial charge on any atom is 0.308 e. The molecule has 2 rings (SSSR count). The highest BCUT2D eigenvalue weighted by Crippen LogP contribution is 2.50. The number of carbonyl (C=O) groups is 1. The molecule has 1 aromatic carbocycles. The zero-order valence-corrected chi connectivity index (χ0v) is 12.1. The summed E-state index contributed by atoms with van der Waals surface area (Å²) in [5, 5.41) is 0. The van der Waals surface area contributed by atoms with Crippen molar-refractivity contribution in [2.75, 3.05) is 14.2 Å². The minimum Gasteiger partial charge on any atom is -0.496 e. The summed E-state index contributed by atoms with van der Waals surface area (Å²) in [7, 11) is 3.15. The van der Waals surface area contributed by atoms with Gasteiger partial charge in [-0.3, -0.25) is 4.79 Å². The van der Waals surface area contributed by atoms with Gasteiger partial charge in [-0.1, -0.05) is 26.0 Å². The Morgan fingerprint density at radius 3 is 2.63 bits per heavy atom. The highest BCUT2D eigenvalue weighted by atomic mass is 16.5. The number of methoxy groups -OCH3 is 2. The predicted octanol–water partition coefficient (Wildman–Crippen LogP) is 3.17. The van der Waals surface area contributed by atoms with Crippen LogP contribution in [-0.2, 0) is 16.0 Å². The zero-order chi connectivity index (χ0) is 14.0. The molecule has 3 unspecified atom stereocenters. The predicted molar refractivity (Wildman–Crippen MR) is 74.4 cm³/mol. The van der Waals surface area contributed by atoms with E-state index in [4.69, 9.17) is 9.47 Å². The molecule has 1 saturated carbocycles. The van der Waals surface area contributed by atoms with Crippen LogP contribution in [-0.4, -0.2) is 20.2 Å². The molecule has 1 aliphatic rings. The van der Waals surface area contributed by atoms with Crippen LogP contribution in [0.15, 0.2) is 18.2 Å². The van der Waals surface area contributed by atoms with Crippen LogP contribution in [0.4, 0.5) is 0 Å². The maximum atomic E-state index is 11.5. The van der Waals surface area contributed by atoms with Gasteiger partial charge in [-0.15, -0.1) is 0 Å². The van der Waals surface area contributed by atoms with Crippen LogP contribution in [0.2, 0.25) is 0 Å². The first-order valence-corrected chi connectivity index (χ1v) is 6.81. The van der Waals surface area contributed by atoms with Gasteiger partial charge in [-0.25, -0.2) is 0 Å². The van der Waals surface area contributed by atoms with Gasteiger partial charge in [0.1, 0.15) is 5.75 Å². The SMILES string of the molecule is COC(=O)C(C)Cc1ccc(OC)c(C2CC2C)c1. The molecule has 1 aromatic rings. The van der Waals surface area contributed by atoms with Crippen LogP contribution in [0.25, 0.3) is 0 Å². The lowest BCUT2D eigenvalue weighted by molar-refractivity contribution is -0.144. The van der Waals surface area contributed by atoms with E-state index < -0.39 is 0 Å². The molecule has 0 bridgehead atoms. The zero-order valence-electron chi connectivity index (χ0n) is 12.1. The molecule has 0 aliphatic heterocycles. The molecule has 0 radical (unpaired) electrons. The smallest absolute Gasteiger partial charge is 0.308 e. The number of hydrogen-bond acceptors (Lipinski definition) is 3. The molecule has 3 nitrogen and oxygen atoms in total. The van der Waals surface area contributed by atoms with E-state index in [2.05, 4.69) is 13.0 Å². The topological polar surface area (TPSA) is 35.5 Å². The van der Waals surface area contributed by atoms with E-state index in [1.165, 1.54) is 24.7 Å². The first-order valence-electron chi connectivity index (χ1n) is 6.81. The van der Waals surface area contributed by atoms with Gasteiger partial charge in [0.05, 0.1) is 20.1 Å². The fourth-order valence-electron chi connectivity index (χ4n) is 2.59. The van der Waals surface area contributed by atoms with Crippen LogP contribution in [0.3, 0.4) is 0 Å². The number of esters is 1. The number of rotatable bonds is 5. The lowest BCUT2D eigenvalue weighted by Crippen LogP contribution is -2.15. The van der Waals surface area contributed by atoms with E-state index in [-0.39, 0.29) is 11.9 Å². The number of benzene rings is 1. The Morgan fingerprint density at radius 2 is 2.11 bits per heavy atom. The Balaban J connectivity index is 2.16. The third kappa shape index (κ3) is 3.09. The summed E-state index contributed by atoms with van der Waals surface area (Å²) in [6.07, 6.45) is 1.94. The van der Waals surface area contributed by atoms with Gasteiger partial charge in [0.15, 0.2) is 0 Å². The largest absolute Gasteiger partial charge is 0.496 e. The fourth-order valence-corrected chi connectivity index (χ4v) is 2.59. The van der Waals surface area contributed by atoms with Crippen LogP contribution in [0, 0.1) is 11.8 Å². The lowest BCUT2D eigenvalue weighted by atomic mass is 9.97. The standard InChI is InChI=1S/C16H22O3/c1-10-8-13(10)14-9-12(5-6-15(14)18-3)7-11(2)16(17)19-4/h5-6,9-11,13H,7-8H2,1-4H3. The molecule has 3 heteroatoms. The second-order valence-electron chi connectivity index (χ2n) is 5.52. The molecule has 3 atom stereocenters. The second-order valence-corrected chi connectivity index (χ2v) is 5.52. The molecule has 0 saturated heterocycles. The Labute approximate surface area is 114 Å². The lowest BCUT2D eigenvalue weighted by Gasteiger charge is -2.13. The van der Waals surface area contributed by atoms with Gasteiger partial charge in [0, 0.05) is 0 Å². The van der Waals surface area contributed by atoms with Crippen molar-refractivity contribution in [3.05, 3.63) is 29.3 Å². The molecule has 0 heterocycles. The van der Waals surface area contributed by atoms with E-state index in [0.717, 1.165) is 11.7 Å². The molecular weight excluding hydrogens is 240 g/mol. The van der Waals surface area contributed by atoms with Gasteiger partial charge in [-0.05, 0) is 41.9 Å². The van der Waals surface area contributed by atoms with E-state index in [1.54, 1.807) is 7.11 Å². The van der Waals surface area contributed by atoms with Crippen molar-refractivity contribution in [3.8, 4) is 5.75 Å². The normalized spacial score (nSPS) is 22.7. The Bertz CT molecular complexity index is 467. The first-order chi connectivity index (χ1) is 9.06. The van der Waals surface area contributed by atoms with Gasteiger partial charge in [0.2, 0.25) is 0 Å². The quantitative estimate of drug-likeness (QED) is 0.765. The van der Waals surface area contributed by atoms with Crippen molar-refractivity contribution in [2.45, 2.75) is 32.6 Å². The van der Waals surface area contributed by atoms with Crippen molar-refractivity contribution in [1.29, 1.82) is 0 Å². The summed E-state index contributed by atoms with van der Waals surface area (Å²) in [4.78, 5) is 11.5. The summed E-state index contributed by atoms with van der Waals surface area (Å²) < 4.78 is 10.2. The van der Waals surface area contributed by atoms with Gasteiger partial charge in [-0.2, -0.15) is 0 Å². The summed E-state index contributed by atoms with van der Waals surface area (Å²) in [5.41, 5.74) is 2.46. The van der Waals surface area contributed by atoms with Crippen molar-refractivity contribution < 1.29 is 14.3 Å². The van der Waals surface area contributed by atoms with Crippen molar-refractivity contribution >= 4 is 5.97 Å². The van der Waals surface area contributed by atoms with Crippen molar-refractivity contribution in [2.24, 2.45) is 11.8 Å². The molecule has 0 aromatic heterocycles. The third-order valence-electron chi connectivity index (χ3n) is 3.95. The summed E-state index contributed by atoms with van der Waals surface area (Å²) in [6.45, 7) is 4.16. The Hall–Kier alpha value is -1.51. The van der Waals surface area contributed by atoms with Crippen LogP contribution in [0.1, 0.15) is 37.3 Å². The minimum atomic E-state index is -0.155. The molecular formula is C16H22O3. The highest BCUT2D eigenvalue weighted by Gasteiger charge is 2.36. The monoisotopic (exact) mass is 262 g/mol. The molecule has 0 N–H and O–H groups in total. The van der Waals surface area contributed by atoms with Gasteiger partial charge in [0.25, 0.3) is 0 Å². The van der Waals surface area contributed by atoms with Crippen molar-refractivity contribution in [3.63, 3.8) is 0 Å². The molecule has 0 spiro atoms. The molecule has 0 amide bonds. The van der Waals surface area contributed by atoms with Crippen LogP contribution in [0.5, 0.6) is 5.75 Å². The molecule has 19 heavy (non-hydrogen) atoms. The molecule has 1 aliphatic carbocycles. The van der Waals surface area contributed by atoms with Gasteiger partial charge < -0.3 is 9.47 Å². The van der Waals surface area contributed by atoms with Crippen LogP contribution >= 0.6 is 0 Å². The van der Waals surface area contributed by atoms with E-state index >= 15 is 0 Å². The fraction of sp³-hybridized carbons (Fsp3) is 0.562. The average molecular weight is 262 g/mol. The third-order valence-corrected chi connectivity index (χ3v) is 3.95. The second kappa shape index (κ2) is 5.64. The van der Waals surface area contributed by atoms with Crippen molar-refractivity contribution in [1.82, 2.24) is 0 Å². The van der Waals surface area contributed by atoms with E-state index in [0.29, 0.717) is 12.3 Å². The number of hydrogen-bond donors (Lipinski definition) is 0. The van der Waals surface area contributed by atoms with Crippen LogP contribution < -0.4 is 4.74 Å². The average Bonchev–Trinajstić information content (AvgIpc) is 3.14. The first kappa shape index (κ1) is 13.9. The molecule has 104 valence electrons. The van der Waals surface area contributed by atoms with E-state index in [1.807, 2.05) is 19.1 Å². The Morgan fingerprint density at radius 1 is 1.42 bits per heavy atom. The molecule has 1 fully saturated rings. The summed E-state index contributed by atoms with van der Waals surface area (Å²) in [5.74, 6) is 2.05. The summed E-state index contributed by atoms with van der Waals surface area (Å²) in [6, 6.07) is 6.24. The van der Waals surface area contributed by atoms with E-state index in [9.17, 15) is 4.79 Å².